The van der Waals surface area contributed by atoms with Crippen LogP contribution in [0.3, 0.4) is 0 Å². The van der Waals surface area contributed by atoms with Gasteiger partial charge in [-0.3, -0.25) is 0 Å². The van der Waals surface area contributed by atoms with E-state index in [1.165, 1.54) is 0 Å². The lowest BCUT2D eigenvalue weighted by Gasteiger charge is -2.42. The Morgan fingerprint density at radius 1 is 0.684 bits per heavy atom. The number of ether oxygens (including phenoxy) is 1. The third-order valence-electron chi connectivity index (χ3n) is 4.42. The maximum atomic E-state index is 14.0. The van der Waals surface area contributed by atoms with Gasteiger partial charge >= 0.3 is 52.9 Å². The summed E-state index contributed by atoms with van der Waals surface area (Å²) in [6.45, 7) is 0.968. The van der Waals surface area contributed by atoms with Crippen molar-refractivity contribution in [3.05, 3.63) is 12.2 Å². The third-order valence-corrected chi connectivity index (χ3v) is 6.32. The van der Waals surface area contributed by atoms with E-state index in [0.29, 0.717) is 0 Å². The van der Waals surface area contributed by atoms with Gasteiger partial charge in [0.25, 0.3) is 10.0 Å². The molecule has 0 aromatic heterocycles. The van der Waals surface area contributed by atoms with Gasteiger partial charge in [-0.15, -0.1) is 0 Å². The Morgan fingerprint density at radius 3 is 1.32 bits per heavy atom. The molecule has 0 aliphatic carbocycles. The number of sulfonamides is 1. The second-order valence-corrected chi connectivity index (χ2v) is 9.29. The van der Waals surface area contributed by atoms with Gasteiger partial charge < -0.3 is 4.74 Å². The number of likely N-dealkylation sites (N-methyl/N-ethyl adjacent to an activating group) is 1. The fourth-order valence-electron chi connectivity index (χ4n) is 2.02. The number of carbonyl (C=O) groups is 1. The molecule has 0 heterocycles. The lowest BCUT2D eigenvalue weighted by molar-refractivity contribution is -0.458. The summed E-state index contributed by atoms with van der Waals surface area (Å²) in [5.41, 5.74) is -0.414. The molecule has 0 saturated carbocycles. The highest BCUT2D eigenvalue weighted by molar-refractivity contribution is 7.90. The minimum absolute atomic E-state index is 0.170. The monoisotopic (exact) mass is 625 g/mol. The number of hydrogen-bond donors (Lipinski definition) is 0. The van der Waals surface area contributed by atoms with Crippen molar-refractivity contribution >= 4 is 16.0 Å². The molecule has 226 valence electrons. The number of carbonyl (C=O) groups excluding carboxylic acids is 1. The van der Waals surface area contributed by atoms with E-state index in [9.17, 15) is 87.8 Å². The quantitative estimate of drug-likeness (QED) is 0.167. The lowest BCUT2D eigenvalue weighted by Crippen LogP contribution is -2.75. The maximum Gasteiger partial charge on any atom is 0.460 e. The van der Waals surface area contributed by atoms with Crippen molar-refractivity contribution in [1.29, 1.82) is 0 Å². The summed E-state index contributed by atoms with van der Waals surface area (Å²) in [6, 6.07) is 0. The lowest BCUT2D eigenvalue weighted by atomic mass is 9.91. The maximum absolute atomic E-state index is 14.0. The van der Waals surface area contributed by atoms with Gasteiger partial charge in [-0.25, -0.2) is 13.2 Å². The molecule has 38 heavy (non-hydrogen) atoms. The van der Waals surface area contributed by atoms with E-state index in [0.717, 1.165) is 6.92 Å². The van der Waals surface area contributed by atoms with Gasteiger partial charge in [0.15, 0.2) is 0 Å². The molecule has 23 heteroatoms. The Hall–Kier alpha value is -2.07. The van der Waals surface area contributed by atoms with E-state index in [1.807, 2.05) is 0 Å². The summed E-state index contributed by atoms with van der Waals surface area (Å²) in [7, 11) is -7.60. The zero-order valence-corrected chi connectivity index (χ0v) is 18.9. The van der Waals surface area contributed by atoms with Gasteiger partial charge in [0.1, 0.15) is 6.61 Å². The van der Waals surface area contributed by atoms with Crippen LogP contribution in [0.4, 0.5) is 74.6 Å². The van der Waals surface area contributed by atoms with Crippen molar-refractivity contribution in [2.45, 2.75) is 53.9 Å². The molecule has 0 fully saturated rings. The van der Waals surface area contributed by atoms with Crippen molar-refractivity contribution in [2.24, 2.45) is 0 Å². The number of halogens is 17. The Morgan fingerprint density at radius 2 is 1.00 bits per heavy atom. The molecule has 0 bridgehead atoms. The third kappa shape index (κ3) is 4.98. The summed E-state index contributed by atoms with van der Waals surface area (Å²) >= 11 is 0. The molecule has 0 N–H and O–H groups in total. The summed E-state index contributed by atoms with van der Waals surface area (Å²) in [5.74, 6) is -53.4. The van der Waals surface area contributed by atoms with Crippen LogP contribution in [0.5, 0.6) is 0 Å². The Bertz CT molecular complexity index is 1020. The van der Waals surface area contributed by atoms with Crippen molar-refractivity contribution in [1.82, 2.24) is 4.31 Å². The number of hydrogen-bond acceptors (Lipinski definition) is 4. The van der Waals surface area contributed by atoms with Crippen LogP contribution in [-0.4, -0.2) is 85.9 Å². The molecule has 0 unspecified atom stereocenters. The number of esters is 1. The molecule has 0 aliphatic heterocycles. The molecular weight excluding hydrogens is 613 g/mol. The summed E-state index contributed by atoms with van der Waals surface area (Å²) in [6.07, 6.45) is -7.91. The predicted octanol–water partition coefficient (Wildman–Crippen LogP) is 5.33. The van der Waals surface area contributed by atoms with Crippen molar-refractivity contribution in [2.75, 3.05) is 20.2 Å². The van der Waals surface area contributed by atoms with E-state index in [2.05, 4.69) is 11.3 Å². The van der Waals surface area contributed by atoms with Crippen LogP contribution in [-0.2, 0) is 19.6 Å². The molecule has 0 aromatic carbocycles. The molecule has 0 saturated heterocycles. The average molecular weight is 625 g/mol. The minimum Gasteiger partial charge on any atom is -0.461 e. The van der Waals surface area contributed by atoms with E-state index >= 15 is 0 Å². The normalized spacial score (nSPS) is 15.6. The van der Waals surface area contributed by atoms with Crippen LogP contribution in [0.1, 0.15) is 6.92 Å². The molecule has 0 atom stereocenters. The first kappa shape index (κ1) is 35.9. The van der Waals surface area contributed by atoms with Crippen molar-refractivity contribution in [3.8, 4) is 0 Å². The van der Waals surface area contributed by atoms with Gasteiger partial charge in [0, 0.05) is 19.2 Å². The summed E-state index contributed by atoms with van der Waals surface area (Å²) < 4.78 is 252. The number of alkyl halides is 17. The molecule has 0 rings (SSSR count). The SMILES string of the molecule is C=C(C)C(=O)OCCN(C)S(=O)(=O)C(F)(F)C(F)(F)C(F)(F)C(F)(F)C(F)(F)C(F)(F)C(F)(F)C(F)(F)F. The van der Waals surface area contributed by atoms with E-state index in [-0.39, 0.29) is 7.05 Å². The number of rotatable bonds is 12. The van der Waals surface area contributed by atoms with Gasteiger partial charge in [0.05, 0.1) is 0 Å². The summed E-state index contributed by atoms with van der Waals surface area (Å²) in [4.78, 5) is 11.1. The highest BCUT2D eigenvalue weighted by Crippen LogP contribution is 2.64. The smallest absolute Gasteiger partial charge is 0.460 e. The molecule has 0 aromatic rings. The van der Waals surface area contributed by atoms with Crippen molar-refractivity contribution in [3.63, 3.8) is 0 Å². The number of nitrogens with zero attached hydrogens (tertiary/aromatic N) is 1. The second-order valence-electron chi connectivity index (χ2n) is 7.20. The summed E-state index contributed by atoms with van der Waals surface area (Å²) in [5, 5.41) is -7.67. The molecule has 0 spiro atoms. The van der Waals surface area contributed by atoms with Crippen LogP contribution in [0.15, 0.2) is 12.2 Å². The average Bonchev–Trinajstić information content (AvgIpc) is 2.71. The Labute approximate surface area is 200 Å². The van der Waals surface area contributed by atoms with E-state index in [4.69, 9.17) is 0 Å². The van der Waals surface area contributed by atoms with E-state index < -0.39 is 86.0 Å². The van der Waals surface area contributed by atoms with Crippen LogP contribution < -0.4 is 0 Å². The van der Waals surface area contributed by atoms with Gasteiger partial charge in [-0.05, 0) is 6.92 Å². The fraction of sp³-hybridized carbons (Fsp3) is 0.800. The molecular formula is C15H12F17NO4S. The van der Waals surface area contributed by atoms with E-state index in [1.54, 1.807) is 0 Å². The molecule has 0 aliphatic rings. The van der Waals surface area contributed by atoms with Gasteiger partial charge in [-0.2, -0.15) is 78.9 Å². The first-order chi connectivity index (χ1) is 16.2. The molecule has 5 nitrogen and oxygen atoms in total. The highest BCUT2D eigenvalue weighted by Gasteiger charge is 2.96. The first-order valence-corrected chi connectivity index (χ1v) is 10.2. The zero-order chi connectivity index (χ0) is 31.4. The van der Waals surface area contributed by atoms with Crippen LogP contribution >= 0.6 is 0 Å². The standard InChI is InChI=1S/C15H12F17NO4S/c1-6(2)7(34)37-5-4-33(3)38(35,36)15(31,32)13(26,27)11(22,23)9(18,19)8(16,17)10(20,21)12(24,25)14(28,29)30/h1,4-5H2,2-3H3. The zero-order valence-electron chi connectivity index (χ0n) is 18.0. The van der Waals surface area contributed by atoms with Gasteiger partial charge in [0.2, 0.25) is 0 Å². The molecule has 0 radical (unpaired) electrons. The topological polar surface area (TPSA) is 63.7 Å². The Kier molecular flexibility index (Phi) is 9.30. The fourth-order valence-corrected chi connectivity index (χ4v) is 3.18. The predicted molar refractivity (Wildman–Crippen MR) is 88.0 cm³/mol. The molecule has 0 amide bonds. The van der Waals surface area contributed by atoms with Crippen LogP contribution in [0.2, 0.25) is 0 Å². The first-order valence-electron chi connectivity index (χ1n) is 8.75. The minimum atomic E-state index is -8.91. The second kappa shape index (κ2) is 9.84. The van der Waals surface area contributed by atoms with Gasteiger partial charge in [-0.1, -0.05) is 6.58 Å². The largest absolute Gasteiger partial charge is 0.461 e. The van der Waals surface area contributed by atoms with Crippen LogP contribution in [0, 0.1) is 0 Å². The highest BCUT2D eigenvalue weighted by atomic mass is 32.2. The Balaban J connectivity index is 6.66. The van der Waals surface area contributed by atoms with Crippen LogP contribution in [0.25, 0.3) is 0 Å². The van der Waals surface area contributed by atoms with Crippen molar-refractivity contribution < 1.29 is 92.6 Å².